The molecular formula is C10H9N3O3. The van der Waals surface area contributed by atoms with Gasteiger partial charge in [-0.2, -0.15) is 5.10 Å². The third kappa shape index (κ3) is 1.65. The summed E-state index contributed by atoms with van der Waals surface area (Å²) in [6.07, 6.45) is 2.85. The number of ether oxygens (including phenoxy) is 1. The second kappa shape index (κ2) is 4.09. The van der Waals surface area contributed by atoms with Gasteiger partial charge in [-0.3, -0.25) is 0 Å². The Balaban J connectivity index is 2.49. The fourth-order valence-electron chi connectivity index (χ4n) is 1.39. The number of carbonyl (C=O) groups excluding carboxylic acids is 1. The molecule has 0 atom stereocenters. The minimum absolute atomic E-state index is 0.256. The van der Waals surface area contributed by atoms with Crippen LogP contribution in [0.25, 0.3) is 5.52 Å². The van der Waals surface area contributed by atoms with Crippen LogP contribution in [0.2, 0.25) is 0 Å². The van der Waals surface area contributed by atoms with Gasteiger partial charge in [-0.05, 0) is 24.2 Å². The zero-order valence-corrected chi connectivity index (χ0v) is 8.58. The summed E-state index contributed by atoms with van der Waals surface area (Å²) in [6, 6.07) is 3.13. The van der Waals surface area contributed by atoms with E-state index in [0.717, 1.165) is 0 Å². The van der Waals surface area contributed by atoms with E-state index in [1.807, 2.05) is 0 Å². The first-order valence-corrected chi connectivity index (χ1v) is 4.74. The summed E-state index contributed by atoms with van der Waals surface area (Å²) in [6.45, 7) is 2.04. The molecule has 16 heavy (non-hydrogen) atoms. The number of aromatic nitrogens is 2. The third-order valence-corrected chi connectivity index (χ3v) is 2.10. The molecule has 0 saturated heterocycles. The van der Waals surface area contributed by atoms with E-state index in [2.05, 4.69) is 10.3 Å². The molecular weight excluding hydrogens is 210 g/mol. The summed E-state index contributed by atoms with van der Waals surface area (Å²) in [5.74, 6) is -0.427. The number of nitrogens with zero attached hydrogens (tertiary/aromatic N) is 3. The van der Waals surface area contributed by atoms with Crippen LogP contribution in [0.15, 0.2) is 29.7 Å². The van der Waals surface area contributed by atoms with E-state index >= 15 is 0 Å². The zero-order valence-electron chi connectivity index (χ0n) is 8.58. The van der Waals surface area contributed by atoms with Gasteiger partial charge in [0.1, 0.15) is 11.3 Å². The molecule has 2 heterocycles. The van der Waals surface area contributed by atoms with E-state index in [1.165, 1.54) is 23.0 Å². The molecule has 0 unspecified atom stereocenters. The second-order valence-corrected chi connectivity index (χ2v) is 3.09. The molecule has 0 bridgehead atoms. The zero-order chi connectivity index (χ0) is 11.5. The van der Waals surface area contributed by atoms with Crippen molar-refractivity contribution in [2.45, 2.75) is 6.92 Å². The number of pyridine rings is 1. The number of carbonyl (C=O) groups is 1. The molecule has 0 fully saturated rings. The van der Waals surface area contributed by atoms with Crippen LogP contribution < -0.4 is 0 Å². The quantitative estimate of drug-likeness (QED) is 0.583. The van der Waals surface area contributed by atoms with Crippen molar-refractivity contribution in [3.63, 3.8) is 0 Å². The molecule has 2 aromatic heterocycles. The smallest absolute Gasteiger partial charge is 0.341 e. The fourth-order valence-corrected chi connectivity index (χ4v) is 1.39. The van der Waals surface area contributed by atoms with Gasteiger partial charge in [-0.25, -0.2) is 9.31 Å². The van der Waals surface area contributed by atoms with Crippen molar-refractivity contribution >= 4 is 17.2 Å². The van der Waals surface area contributed by atoms with Crippen LogP contribution in [-0.4, -0.2) is 22.2 Å². The molecule has 0 aliphatic rings. The van der Waals surface area contributed by atoms with Crippen LogP contribution >= 0.6 is 0 Å². The third-order valence-electron chi connectivity index (χ3n) is 2.10. The maximum Gasteiger partial charge on any atom is 0.341 e. The Morgan fingerprint density at radius 2 is 2.38 bits per heavy atom. The van der Waals surface area contributed by atoms with Gasteiger partial charge in [-0.15, -0.1) is 4.91 Å². The molecule has 0 aliphatic carbocycles. The van der Waals surface area contributed by atoms with Crippen molar-refractivity contribution in [3.05, 3.63) is 35.0 Å². The van der Waals surface area contributed by atoms with Crippen LogP contribution in [0, 0.1) is 4.91 Å². The Morgan fingerprint density at radius 3 is 3.06 bits per heavy atom. The number of rotatable bonds is 3. The molecule has 0 saturated carbocycles. The predicted octanol–water partition coefficient (Wildman–Crippen LogP) is 1.91. The average molecular weight is 219 g/mol. The Bertz CT molecular complexity index is 547. The molecule has 2 rings (SSSR count). The van der Waals surface area contributed by atoms with Crippen LogP contribution in [0.1, 0.15) is 17.3 Å². The predicted molar refractivity (Wildman–Crippen MR) is 56.6 cm³/mol. The van der Waals surface area contributed by atoms with E-state index in [9.17, 15) is 9.70 Å². The van der Waals surface area contributed by atoms with Crippen LogP contribution in [-0.2, 0) is 4.74 Å². The highest BCUT2D eigenvalue weighted by Gasteiger charge is 2.13. The topological polar surface area (TPSA) is 73.0 Å². The van der Waals surface area contributed by atoms with Gasteiger partial charge in [0, 0.05) is 0 Å². The van der Waals surface area contributed by atoms with Crippen molar-refractivity contribution in [1.29, 1.82) is 0 Å². The van der Waals surface area contributed by atoms with Gasteiger partial charge in [-0.1, -0.05) is 0 Å². The number of hydrogen-bond acceptors (Lipinski definition) is 5. The Kier molecular flexibility index (Phi) is 2.63. The number of hydrogen-bond donors (Lipinski definition) is 0. The van der Waals surface area contributed by atoms with Gasteiger partial charge in [0.05, 0.1) is 24.5 Å². The molecule has 0 spiro atoms. The Morgan fingerprint density at radius 1 is 1.56 bits per heavy atom. The van der Waals surface area contributed by atoms with Crippen LogP contribution in [0.3, 0.4) is 0 Å². The van der Waals surface area contributed by atoms with Gasteiger partial charge >= 0.3 is 5.97 Å². The summed E-state index contributed by atoms with van der Waals surface area (Å²) >= 11 is 0. The fraction of sp³-hybridized carbons (Fsp3) is 0.200. The number of esters is 1. The molecule has 6 heteroatoms. The van der Waals surface area contributed by atoms with Crippen LogP contribution in [0.4, 0.5) is 5.69 Å². The lowest BCUT2D eigenvalue weighted by atomic mass is 10.2. The summed E-state index contributed by atoms with van der Waals surface area (Å²) in [5.41, 5.74) is 1.22. The Labute approximate surface area is 90.8 Å². The lowest BCUT2D eigenvalue weighted by Crippen LogP contribution is -2.03. The second-order valence-electron chi connectivity index (χ2n) is 3.09. The Hall–Kier alpha value is -2.24. The number of nitroso groups, excluding NO2 is 1. The summed E-state index contributed by atoms with van der Waals surface area (Å²) in [7, 11) is 0. The minimum atomic E-state index is -0.427. The first-order chi connectivity index (χ1) is 7.76. The highest BCUT2D eigenvalue weighted by molar-refractivity contribution is 5.96. The highest BCUT2D eigenvalue weighted by Crippen LogP contribution is 2.17. The lowest BCUT2D eigenvalue weighted by molar-refractivity contribution is 0.0528. The number of fused-ring (bicyclic) bond motifs is 1. The van der Waals surface area contributed by atoms with E-state index in [4.69, 9.17) is 4.74 Å². The SMILES string of the molecule is CCOC(=O)c1cnn2cc(N=O)ccc12. The molecule has 0 aromatic carbocycles. The molecule has 2 aromatic rings. The van der Waals surface area contributed by atoms with Crippen molar-refractivity contribution in [2.24, 2.45) is 5.18 Å². The van der Waals surface area contributed by atoms with Crippen molar-refractivity contribution < 1.29 is 9.53 Å². The summed E-state index contributed by atoms with van der Waals surface area (Å²) in [4.78, 5) is 21.8. The summed E-state index contributed by atoms with van der Waals surface area (Å²) in [5, 5.41) is 6.73. The molecule has 82 valence electrons. The highest BCUT2D eigenvalue weighted by atomic mass is 16.5. The standard InChI is InChI=1S/C10H9N3O3/c1-2-16-10(14)8-5-11-13-6-7(12-15)3-4-9(8)13/h3-6H,2H2,1H3. The average Bonchev–Trinajstić information content (AvgIpc) is 2.71. The monoisotopic (exact) mass is 219 g/mol. The maximum absolute atomic E-state index is 11.5. The maximum atomic E-state index is 11.5. The van der Waals surface area contributed by atoms with Crippen molar-refractivity contribution in [1.82, 2.24) is 9.61 Å². The molecule has 6 nitrogen and oxygen atoms in total. The lowest BCUT2D eigenvalue weighted by Gasteiger charge is -1.99. The van der Waals surface area contributed by atoms with E-state index in [0.29, 0.717) is 17.7 Å². The van der Waals surface area contributed by atoms with E-state index in [-0.39, 0.29) is 5.69 Å². The normalized spacial score (nSPS) is 10.3. The van der Waals surface area contributed by atoms with E-state index < -0.39 is 5.97 Å². The minimum Gasteiger partial charge on any atom is -0.462 e. The molecule has 0 radical (unpaired) electrons. The first-order valence-electron chi connectivity index (χ1n) is 4.74. The van der Waals surface area contributed by atoms with Gasteiger partial charge in [0.2, 0.25) is 0 Å². The van der Waals surface area contributed by atoms with Gasteiger partial charge in [0.15, 0.2) is 0 Å². The van der Waals surface area contributed by atoms with Crippen molar-refractivity contribution in [3.8, 4) is 0 Å². The van der Waals surface area contributed by atoms with Gasteiger partial charge in [0.25, 0.3) is 0 Å². The van der Waals surface area contributed by atoms with E-state index in [1.54, 1.807) is 13.0 Å². The van der Waals surface area contributed by atoms with Crippen LogP contribution in [0.5, 0.6) is 0 Å². The van der Waals surface area contributed by atoms with Gasteiger partial charge < -0.3 is 4.74 Å². The largest absolute Gasteiger partial charge is 0.462 e. The summed E-state index contributed by atoms with van der Waals surface area (Å²) < 4.78 is 6.29. The molecule has 0 N–H and O–H groups in total. The molecule has 0 amide bonds. The first kappa shape index (κ1) is 10.3. The van der Waals surface area contributed by atoms with Crippen molar-refractivity contribution in [2.75, 3.05) is 6.61 Å². The molecule has 0 aliphatic heterocycles.